The third-order valence-corrected chi connectivity index (χ3v) is 14.8. The maximum atomic E-state index is 14.6. The number of methoxy groups -OCH3 is 2. The van der Waals surface area contributed by atoms with Gasteiger partial charge < -0.3 is 29.9 Å². The molecular weight excluding hydrogens is 871 g/mol. The van der Waals surface area contributed by atoms with E-state index in [1.54, 1.807) is 38.0 Å². The molecule has 0 spiro atoms. The predicted octanol–water partition coefficient (Wildman–Crippen LogP) is 3.92. The van der Waals surface area contributed by atoms with Crippen LogP contribution < -0.4 is 10.6 Å². The molecule has 0 radical (unpaired) electrons. The van der Waals surface area contributed by atoms with E-state index in [0.29, 0.717) is 58.3 Å². The Labute approximate surface area is 403 Å². The molecule has 1 aliphatic carbocycles. The summed E-state index contributed by atoms with van der Waals surface area (Å²) in [5.74, 6) is -3.52. The van der Waals surface area contributed by atoms with Crippen molar-refractivity contribution in [2.45, 2.75) is 148 Å². The Balaban J connectivity index is 1.26. The molecule has 68 heavy (non-hydrogen) atoms. The molecule has 3 heterocycles. The highest BCUT2D eigenvalue weighted by Crippen LogP contribution is 2.53. The first-order chi connectivity index (χ1) is 32.3. The summed E-state index contributed by atoms with van der Waals surface area (Å²) >= 11 is 0. The number of hydrogen-bond acceptors (Lipinski definition) is 11. The Bertz CT molecular complexity index is 1940. The van der Waals surface area contributed by atoms with Gasteiger partial charge >= 0.3 is 0 Å². The highest BCUT2D eigenvalue weighted by atomic mass is 16.7. The van der Waals surface area contributed by atoms with Crippen LogP contribution >= 0.6 is 0 Å². The van der Waals surface area contributed by atoms with Gasteiger partial charge in [-0.25, -0.2) is 5.06 Å². The number of imide groups is 1. The number of nitrogens with zero attached hydrogens (tertiary/aromatic N) is 5. The number of likely N-dealkylation sites (N-methyl/N-ethyl adjacent to an activating group) is 2. The van der Waals surface area contributed by atoms with Gasteiger partial charge in [0.15, 0.2) is 0 Å². The molecule has 1 aromatic carbocycles. The number of benzene rings is 1. The molecule has 2 saturated heterocycles. The molecule has 0 aromatic heterocycles. The number of carbonyl (C=O) groups excluding carboxylic acids is 7. The van der Waals surface area contributed by atoms with Crippen molar-refractivity contribution in [3.05, 3.63) is 48.0 Å². The fourth-order valence-corrected chi connectivity index (χ4v) is 10.7. The molecule has 5 rings (SSSR count). The first-order valence-corrected chi connectivity index (χ1v) is 24.8. The molecule has 17 heteroatoms. The van der Waals surface area contributed by atoms with Gasteiger partial charge in [-0.05, 0) is 68.9 Å². The molecule has 0 bridgehead atoms. The number of nitrogens with one attached hydrogen (secondary N) is 2. The molecule has 7 amide bonds. The standard InChI is InChI=1S/C51H79N7O10/c1-12-34(6)45(55(9)49(64)43(32(2)3)52-48(63)44(33(4)5)54(8)25-19-27-57-40(59)23-24-41(57)60)39(66-10)30-42(61)56-26-18-22-38(56)46(67-11)35(7)47(62)53-51(50(65)58-28-16-17-29-68-58)31-37(51)36-20-14-13-15-21-36/h13-15,20-21,23-24,32-35,37-39,43-46H,12,16-19,22,25-31H2,1-11H3,(H,52,63)(H,53,62)/t34-,35+,37+,38-,39+,43-,44-,45-,46+,51-/m0/s1. The van der Waals surface area contributed by atoms with E-state index in [0.717, 1.165) is 18.4 Å². The van der Waals surface area contributed by atoms with Crippen molar-refractivity contribution in [2.75, 3.05) is 61.1 Å². The van der Waals surface area contributed by atoms with Crippen molar-refractivity contribution in [1.29, 1.82) is 0 Å². The quantitative estimate of drug-likeness (QED) is 0.143. The van der Waals surface area contributed by atoms with Crippen LogP contribution in [0.3, 0.4) is 0 Å². The molecule has 17 nitrogen and oxygen atoms in total. The second-order valence-electron chi connectivity index (χ2n) is 20.1. The van der Waals surface area contributed by atoms with Crippen LogP contribution in [0.15, 0.2) is 42.5 Å². The SMILES string of the molecule is CC[C@H](C)[C@@H]([C@@H](CC(=O)N1CCC[C@H]1[C@H](OC)[C@@H](C)C(=O)N[C@@]1(C(=O)N2CCCCO2)C[C@@H]1c1ccccc1)OC)N(C)C(=O)[C@@H](NC(=O)[C@H](C(C)C)N(C)CCCN1C(=O)C=CC1=O)C(C)C. The van der Waals surface area contributed by atoms with E-state index in [4.69, 9.17) is 14.3 Å². The van der Waals surface area contributed by atoms with E-state index < -0.39 is 47.8 Å². The van der Waals surface area contributed by atoms with Gasteiger partial charge in [0.1, 0.15) is 11.6 Å². The zero-order valence-electron chi connectivity index (χ0n) is 42.4. The Morgan fingerprint density at radius 2 is 1.56 bits per heavy atom. The zero-order valence-corrected chi connectivity index (χ0v) is 42.4. The number of carbonyl (C=O) groups is 7. The summed E-state index contributed by atoms with van der Waals surface area (Å²) < 4.78 is 12.2. The van der Waals surface area contributed by atoms with Gasteiger partial charge in [-0.15, -0.1) is 0 Å². The zero-order chi connectivity index (χ0) is 50.0. The minimum atomic E-state index is -1.16. The number of hydrogen-bond donors (Lipinski definition) is 2. The normalized spacial score (nSPS) is 23.6. The first kappa shape index (κ1) is 54.2. The lowest BCUT2D eigenvalue weighted by atomic mass is 9.89. The maximum absolute atomic E-state index is 14.6. The summed E-state index contributed by atoms with van der Waals surface area (Å²) in [5.41, 5.74) is -0.195. The monoisotopic (exact) mass is 950 g/mol. The predicted molar refractivity (Wildman–Crippen MR) is 256 cm³/mol. The fourth-order valence-electron chi connectivity index (χ4n) is 10.7. The number of hydroxylamine groups is 2. The topological polar surface area (TPSA) is 187 Å². The number of ether oxygens (including phenoxy) is 2. The van der Waals surface area contributed by atoms with Crippen LogP contribution in [0.2, 0.25) is 0 Å². The average Bonchev–Trinajstić information content (AvgIpc) is 3.67. The molecule has 1 saturated carbocycles. The summed E-state index contributed by atoms with van der Waals surface area (Å²) in [4.78, 5) is 108. The number of likely N-dealkylation sites (tertiary alicyclic amines) is 1. The van der Waals surface area contributed by atoms with Crippen LogP contribution in [0.25, 0.3) is 0 Å². The second kappa shape index (κ2) is 24.2. The van der Waals surface area contributed by atoms with Crippen LogP contribution in [0, 0.1) is 23.7 Å². The molecule has 2 N–H and O–H groups in total. The molecule has 1 aromatic rings. The summed E-state index contributed by atoms with van der Waals surface area (Å²) in [5, 5.41) is 7.63. The first-order valence-electron chi connectivity index (χ1n) is 24.8. The Hall–Kier alpha value is -4.71. The van der Waals surface area contributed by atoms with Crippen molar-refractivity contribution in [1.82, 2.24) is 35.3 Å². The van der Waals surface area contributed by atoms with E-state index in [2.05, 4.69) is 10.6 Å². The lowest BCUT2D eigenvalue weighted by Crippen LogP contribution is -2.60. The third-order valence-electron chi connectivity index (χ3n) is 14.8. The number of rotatable bonds is 24. The van der Waals surface area contributed by atoms with E-state index >= 15 is 0 Å². The van der Waals surface area contributed by atoms with Gasteiger partial charge in [0.05, 0.1) is 49.3 Å². The van der Waals surface area contributed by atoms with E-state index in [1.807, 2.05) is 83.8 Å². The second-order valence-corrected chi connectivity index (χ2v) is 20.1. The highest BCUT2D eigenvalue weighted by Gasteiger charge is 2.64. The molecule has 4 aliphatic rings. The van der Waals surface area contributed by atoms with E-state index in [-0.39, 0.29) is 78.0 Å². The Morgan fingerprint density at radius 1 is 0.882 bits per heavy atom. The molecule has 0 unspecified atom stereocenters. The molecule has 3 fully saturated rings. The van der Waals surface area contributed by atoms with Gasteiger partial charge in [-0.2, -0.15) is 0 Å². The highest BCUT2D eigenvalue weighted by molar-refractivity contribution is 6.12. The van der Waals surface area contributed by atoms with Crippen LogP contribution in [-0.4, -0.2) is 169 Å². The maximum Gasteiger partial charge on any atom is 0.272 e. The van der Waals surface area contributed by atoms with Crippen molar-refractivity contribution in [3.8, 4) is 0 Å². The minimum Gasteiger partial charge on any atom is -0.379 e. The lowest BCUT2D eigenvalue weighted by Gasteiger charge is -2.41. The Kier molecular flexibility index (Phi) is 19.3. The fraction of sp³-hybridized carbons (Fsp3) is 0.706. The third kappa shape index (κ3) is 12.4. The van der Waals surface area contributed by atoms with Gasteiger partial charge in [-0.1, -0.05) is 85.2 Å². The van der Waals surface area contributed by atoms with Crippen LogP contribution in [0.5, 0.6) is 0 Å². The molecule has 378 valence electrons. The minimum absolute atomic E-state index is 0.0353. The van der Waals surface area contributed by atoms with Crippen molar-refractivity contribution in [2.24, 2.45) is 23.7 Å². The number of amides is 7. The summed E-state index contributed by atoms with van der Waals surface area (Å²) in [6, 6.07) is 7.27. The smallest absolute Gasteiger partial charge is 0.272 e. The van der Waals surface area contributed by atoms with E-state index in [1.165, 1.54) is 22.1 Å². The largest absolute Gasteiger partial charge is 0.379 e. The van der Waals surface area contributed by atoms with Gasteiger partial charge in [0, 0.05) is 65.5 Å². The van der Waals surface area contributed by atoms with E-state index in [9.17, 15) is 33.6 Å². The van der Waals surface area contributed by atoms with Gasteiger partial charge in [0.25, 0.3) is 17.7 Å². The lowest BCUT2D eigenvalue weighted by molar-refractivity contribution is -0.200. The van der Waals surface area contributed by atoms with Gasteiger partial charge in [0.2, 0.25) is 23.6 Å². The molecule has 3 aliphatic heterocycles. The van der Waals surface area contributed by atoms with Crippen LogP contribution in [-0.2, 0) is 47.9 Å². The molecular formula is C51H79N7O10. The summed E-state index contributed by atoms with van der Waals surface area (Å²) in [7, 11) is 6.62. The van der Waals surface area contributed by atoms with Crippen LogP contribution in [0.1, 0.15) is 111 Å². The average molecular weight is 950 g/mol. The Morgan fingerprint density at radius 3 is 2.13 bits per heavy atom. The summed E-state index contributed by atoms with van der Waals surface area (Å²) in [6.07, 6.45) is 5.69. The van der Waals surface area contributed by atoms with Crippen molar-refractivity contribution in [3.63, 3.8) is 0 Å². The van der Waals surface area contributed by atoms with Crippen molar-refractivity contribution < 1.29 is 47.9 Å². The van der Waals surface area contributed by atoms with Crippen molar-refractivity contribution >= 4 is 41.4 Å². The molecule has 10 atom stereocenters. The van der Waals surface area contributed by atoms with Crippen LogP contribution in [0.4, 0.5) is 0 Å². The van der Waals surface area contributed by atoms with Gasteiger partial charge in [-0.3, -0.25) is 48.2 Å². The summed E-state index contributed by atoms with van der Waals surface area (Å²) in [6.45, 7) is 15.5.